The number of methoxy groups -OCH3 is 2. The number of ether oxygens (including phenoxy) is 2. The number of alkyl halides is 1. The van der Waals surface area contributed by atoms with Gasteiger partial charge in [-0.15, -0.1) is 0 Å². The number of benzene rings is 2. The van der Waals surface area contributed by atoms with E-state index in [0.717, 1.165) is 32.1 Å². The van der Waals surface area contributed by atoms with Crippen LogP contribution < -0.4 is 52.1 Å². The number of hydrogen-bond donors (Lipinski definition) is 4. The van der Waals surface area contributed by atoms with Crippen molar-refractivity contribution < 1.29 is 63.6 Å². The number of amides is 1. The number of nitrogens with two attached hydrogens (primary N) is 1. The molecule has 0 atom stereocenters. The van der Waals surface area contributed by atoms with E-state index in [9.17, 15) is 38.4 Å². The molecule has 8 aromatic rings. The van der Waals surface area contributed by atoms with E-state index in [-0.39, 0.29) is 81.6 Å². The number of nitrogens with zero attached hydrogens (tertiary/aromatic N) is 5. The van der Waals surface area contributed by atoms with Crippen LogP contribution in [0.4, 0.5) is 11.6 Å². The van der Waals surface area contributed by atoms with Gasteiger partial charge in [0, 0.05) is 93.5 Å². The van der Waals surface area contributed by atoms with Crippen LogP contribution in [0.3, 0.4) is 0 Å². The van der Waals surface area contributed by atoms with Crippen molar-refractivity contribution in [3.05, 3.63) is 254 Å². The second kappa shape index (κ2) is 40.4. The zero-order valence-electron chi connectivity index (χ0n) is 50.2. The molecule has 8 N–H and O–H groups in total. The number of esters is 2. The van der Waals surface area contributed by atoms with Crippen LogP contribution in [0.15, 0.2) is 178 Å². The van der Waals surface area contributed by atoms with Crippen LogP contribution in [0.1, 0.15) is 137 Å². The fourth-order valence-electron chi connectivity index (χ4n) is 6.97. The fourth-order valence-corrected chi connectivity index (χ4v) is 7.40. The van der Waals surface area contributed by atoms with Crippen molar-refractivity contribution in [2.45, 2.75) is 90.3 Å². The molecule has 87 heavy (non-hydrogen) atoms. The van der Waals surface area contributed by atoms with Crippen molar-refractivity contribution in [2.24, 2.45) is 0 Å². The number of carbonyl (C=O) groups excluding carboxylic acids is 3. The molecule has 0 aliphatic heterocycles. The van der Waals surface area contributed by atoms with Gasteiger partial charge in [0.05, 0.1) is 36.5 Å². The summed E-state index contributed by atoms with van der Waals surface area (Å²) in [6.45, 7) is 15.5. The molecule has 0 aliphatic carbocycles. The molecule has 21 nitrogen and oxygen atoms in total. The summed E-state index contributed by atoms with van der Waals surface area (Å²) in [6.07, 6.45) is 10.8. The number of carbonyl (C=O) groups is 4. The average molecular weight is 1340 g/mol. The van der Waals surface area contributed by atoms with Crippen LogP contribution in [-0.2, 0) is 22.3 Å². The minimum Gasteiger partial charge on any atom is -0.870 e. The topological polar surface area (TPSA) is 331 Å². The van der Waals surface area contributed by atoms with E-state index in [4.69, 9.17) is 34.0 Å². The Hall–Kier alpha value is -7.95. The molecule has 0 saturated carbocycles. The Balaban J connectivity index is 0.00000108. The Bertz CT molecular complexity index is 3670. The van der Waals surface area contributed by atoms with Gasteiger partial charge in [0.2, 0.25) is 5.56 Å². The van der Waals surface area contributed by atoms with Gasteiger partial charge in [-0.05, 0) is 137 Å². The number of H-pyrrole nitrogens is 1. The molecular weight excluding hydrogens is 1270 g/mol. The number of aromatic carboxylic acids is 1. The number of aromatic nitrogens is 6. The molecule has 0 saturated heterocycles. The molecule has 1 amide bonds. The van der Waals surface area contributed by atoms with Crippen molar-refractivity contribution in [2.75, 3.05) is 25.3 Å². The molecule has 0 unspecified atom stereocenters. The Morgan fingerprint density at radius 3 is 1.37 bits per heavy atom. The summed E-state index contributed by atoms with van der Waals surface area (Å²) in [6, 6.07) is 33.9. The van der Waals surface area contributed by atoms with Gasteiger partial charge in [-0.2, -0.15) is 0 Å². The quantitative estimate of drug-likeness (QED) is 0.0397. The number of rotatable bonds is 12. The first kappa shape index (κ1) is 79.0. The number of nitrogen functional groups attached to an aromatic ring is 1. The fraction of sp³-hybridized carbons (Fsp3) is 0.258. The van der Waals surface area contributed by atoms with Gasteiger partial charge in [0.1, 0.15) is 11.6 Å². The Kier molecular flexibility index (Phi) is 36.7. The van der Waals surface area contributed by atoms with E-state index in [1.54, 1.807) is 30.7 Å². The third kappa shape index (κ3) is 28.9. The van der Waals surface area contributed by atoms with E-state index in [0.29, 0.717) is 39.8 Å². The summed E-state index contributed by atoms with van der Waals surface area (Å²) in [5.74, 6) is -1.21. The predicted octanol–water partition coefficient (Wildman–Crippen LogP) is 7.57. The second-order valence-electron chi connectivity index (χ2n) is 19.2. The molecule has 0 aliphatic rings. The van der Waals surface area contributed by atoms with Crippen molar-refractivity contribution in [1.29, 1.82) is 0 Å². The van der Waals surface area contributed by atoms with Gasteiger partial charge in [-0.25, -0.2) is 24.4 Å². The van der Waals surface area contributed by atoms with Crippen LogP contribution in [0.2, 0.25) is 10.0 Å². The summed E-state index contributed by atoms with van der Waals surface area (Å²) in [4.78, 5) is 101. The van der Waals surface area contributed by atoms with Crippen molar-refractivity contribution in [3.8, 4) is 0 Å². The van der Waals surface area contributed by atoms with Crippen LogP contribution in [0.5, 0.6) is 0 Å². The van der Waals surface area contributed by atoms with E-state index in [1.165, 1.54) is 101 Å². The number of carboxylic acids is 1. The Labute approximate surface area is 539 Å². The largest absolute Gasteiger partial charge is 1.00 e. The first-order valence-corrected chi connectivity index (χ1v) is 28.1. The summed E-state index contributed by atoms with van der Waals surface area (Å²) < 4.78 is 14.2. The zero-order chi connectivity index (χ0) is 62.6. The van der Waals surface area contributed by atoms with E-state index in [2.05, 4.69) is 66.2 Å². The number of aromatic amines is 1. The molecule has 0 radical (unpaired) electrons. The Morgan fingerprint density at radius 1 is 0.586 bits per heavy atom. The zero-order valence-corrected chi connectivity index (χ0v) is 53.8. The summed E-state index contributed by atoms with van der Waals surface area (Å²) in [5, 5.41) is 12.9. The molecule has 460 valence electrons. The maximum Gasteiger partial charge on any atom is 1.00 e. The average Bonchev–Trinajstić information content (AvgIpc) is 3.14. The number of nitrogens with one attached hydrogen (secondary N) is 2. The molecule has 6 aromatic heterocycles. The molecule has 6 heterocycles. The standard InChI is InChI=1S/C21H20ClN3O2.C12H11ClN2.C10H13NO3.C9H11NO3.C7H7NO3.C3H7I.Li.2H2O/c1-14(2)25-13-17(7-9-20(25)26)21(27)24-19-8-6-16(12-23-19)10-15-4-3-5-18(22)11-15;13-11-3-1-2-9(7-11)6-10-4-5-12(14)15-8-10;1-7(2)11-6-8(10(13)14-3)4-5-9(11)12;1-6(2)10-5-7(9(12)13)3-4-8(10)11;1-11-7(10)5-2-3-6(9)8-4-5;1-3(2)4;;;/h3-9,11-14H,10H2,1-2H3,(H,23,24,27);1-5,7-8H,6H2,(H2,14,15);4-7H,1-3H3;3-6H,1-2H3,(H,12,13);2-4H,1H3,(H,8,9);3H,1-2H3;;2*1H2/q;;;;;;+1;;/p-1. The molecule has 0 fully saturated rings. The maximum atomic E-state index is 12.4. The van der Waals surface area contributed by atoms with Gasteiger partial charge >= 0.3 is 36.8 Å². The smallest absolute Gasteiger partial charge is 0.870 e. The Morgan fingerprint density at radius 2 is 0.989 bits per heavy atom. The van der Waals surface area contributed by atoms with Crippen LogP contribution in [0.25, 0.3) is 0 Å². The van der Waals surface area contributed by atoms with Gasteiger partial charge in [0.15, 0.2) is 0 Å². The molecule has 2 aromatic carbocycles. The van der Waals surface area contributed by atoms with Crippen LogP contribution in [-0.4, -0.2) is 86.7 Å². The third-order valence-electron chi connectivity index (χ3n) is 11.1. The van der Waals surface area contributed by atoms with E-state index in [1.807, 2.05) is 102 Å². The van der Waals surface area contributed by atoms with Crippen LogP contribution in [0, 0.1) is 0 Å². The van der Waals surface area contributed by atoms with Crippen LogP contribution >= 0.6 is 45.8 Å². The van der Waals surface area contributed by atoms with E-state index >= 15 is 0 Å². The van der Waals surface area contributed by atoms with E-state index < -0.39 is 17.9 Å². The third-order valence-corrected chi connectivity index (χ3v) is 11.6. The minimum atomic E-state index is -1.02. The summed E-state index contributed by atoms with van der Waals surface area (Å²) in [7, 11) is 2.60. The predicted molar refractivity (Wildman–Crippen MR) is 344 cm³/mol. The van der Waals surface area contributed by atoms with Gasteiger partial charge in [-0.3, -0.25) is 24.0 Å². The number of hydrogen-bond acceptors (Lipinski definition) is 14. The monoisotopic (exact) mass is 1340 g/mol. The molecular formula is C62H72Cl2ILiN8O13. The van der Waals surface area contributed by atoms with Gasteiger partial charge in [-0.1, -0.05) is 96.0 Å². The second-order valence-corrected chi connectivity index (χ2v) is 22.6. The number of pyridine rings is 6. The summed E-state index contributed by atoms with van der Waals surface area (Å²) in [5.41, 5.74) is 10.5. The summed E-state index contributed by atoms with van der Waals surface area (Å²) >= 11 is 14.3. The first-order chi connectivity index (χ1) is 39.7. The number of carboxylic acid groups (broad SMARTS) is 1. The molecule has 25 heteroatoms. The number of anilines is 2. The maximum absolute atomic E-state index is 12.4. The number of halogens is 3. The van der Waals surface area contributed by atoms with Gasteiger partial charge < -0.3 is 55.3 Å². The SMILES string of the molecule is CC(C)I.CC(C)n1cc(C(=O)Nc2ccc(Cc3cccc(Cl)c3)cn2)ccc1=O.CC(C)n1cc(C(=O)O)ccc1=O.COC(=O)c1ccc(=O)[nH]c1.COC(=O)c1ccc(=O)n(C(C)C)c1.Nc1ccc(Cc2cccc(Cl)c2)cn1.O.[Li+].[OH-]. The molecule has 8 rings (SSSR count). The van der Waals surface area contributed by atoms with Crippen molar-refractivity contribution in [3.63, 3.8) is 0 Å². The van der Waals surface area contributed by atoms with Crippen molar-refractivity contribution >= 4 is 81.2 Å². The molecule has 0 spiro atoms. The van der Waals surface area contributed by atoms with Gasteiger partial charge in [0.25, 0.3) is 22.6 Å². The minimum absolute atomic E-state index is 0. The van der Waals surface area contributed by atoms with Crippen molar-refractivity contribution in [1.82, 2.24) is 28.7 Å². The molecule has 0 bridgehead atoms. The first-order valence-electron chi connectivity index (χ1n) is 26.1. The normalized spacial score (nSPS) is 9.90.